The molecule has 0 fully saturated rings. The van der Waals surface area contributed by atoms with E-state index in [0.29, 0.717) is 69.9 Å². The Hall–Kier alpha value is -3.83. The molecule has 0 aliphatic rings. The molecule has 0 saturated heterocycles. The highest BCUT2D eigenvalue weighted by Gasteiger charge is 2.24. The molecule has 0 spiro atoms. The maximum absolute atomic E-state index is 12.8. The lowest BCUT2D eigenvalue weighted by molar-refractivity contribution is -0.131. The Morgan fingerprint density at radius 2 is 1.69 bits per heavy atom. The third-order valence-electron chi connectivity index (χ3n) is 7.00. The molecule has 2 aromatic rings. The van der Waals surface area contributed by atoms with E-state index in [1.807, 2.05) is 13.0 Å². The smallest absolute Gasteiger partial charge is 0.243 e. The zero-order valence-corrected chi connectivity index (χ0v) is 30.4. The topological polar surface area (TPSA) is 224 Å². The van der Waals surface area contributed by atoms with E-state index < -0.39 is 26.2 Å². The molecule has 1 aromatic heterocycles. The monoisotopic (exact) mass is 737 g/mol. The fourth-order valence-electron chi connectivity index (χ4n) is 4.19. The number of benzene rings is 1. The fourth-order valence-corrected chi connectivity index (χ4v) is 4.96. The lowest BCUT2D eigenvalue weighted by atomic mass is 10.0. The van der Waals surface area contributed by atoms with Crippen LogP contribution >= 0.6 is 8.38 Å². The van der Waals surface area contributed by atoms with Gasteiger partial charge in [-0.25, -0.2) is 4.68 Å². The number of rotatable bonds is 28. The Morgan fingerprint density at radius 1 is 1.00 bits per heavy atom. The summed E-state index contributed by atoms with van der Waals surface area (Å²) in [5.41, 5.74) is 2.85. The summed E-state index contributed by atoms with van der Waals surface area (Å²) in [5.74, 6) is -1.48. The minimum absolute atomic E-state index is 0.00776. The number of ether oxygens (including phenoxy) is 3. The molecule has 284 valence electrons. The number of aromatic nitrogens is 3. The van der Waals surface area contributed by atoms with Gasteiger partial charge in [-0.1, -0.05) is 42.8 Å². The molecule has 0 aliphatic heterocycles. The van der Waals surface area contributed by atoms with Gasteiger partial charge in [-0.15, -0.1) is 5.10 Å². The summed E-state index contributed by atoms with van der Waals surface area (Å²) in [7, 11) is -1.59. The van der Waals surface area contributed by atoms with E-state index in [0.717, 1.165) is 11.1 Å². The van der Waals surface area contributed by atoms with Gasteiger partial charge in [0.2, 0.25) is 24.1 Å². The van der Waals surface area contributed by atoms with Crippen LogP contribution in [0.2, 0.25) is 0 Å². The van der Waals surface area contributed by atoms with Crippen molar-refractivity contribution in [2.75, 3.05) is 64.3 Å². The highest BCUT2D eigenvalue weighted by molar-refractivity contribution is 7.46. The van der Waals surface area contributed by atoms with Crippen molar-refractivity contribution in [2.45, 2.75) is 59.4 Å². The molecule has 4 amide bonds. The van der Waals surface area contributed by atoms with Crippen LogP contribution in [0, 0.1) is 5.92 Å². The molecule has 2 atom stereocenters. The van der Waals surface area contributed by atoms with Gasteiger partial charge in [0.25, 0.3) is 0 Å². The number of hydrogen-bond donors (Lipinski definition) is 6. The first-order chi connectivity index (χ1) is 24.6. The number of amides is 4. The lowest BCUT2D eigenvalue weighted by Gasteiger charge is -2.21. The van der Waals surface area contributed by atoms with Crippen LogP contribution in [-0.4, -0.2) is 114 Å². The van der Waals surface area contributed by atoms with Crippen LogP contribution in [-0.2, 0) is 57.6 Å². The third-order valence-corrected chi connectivity index (χ3v) is 8.07. The van der Waals surface area contributed by atoms with Gasteiger partial charge in [-0.3, -0.25) is 19.2 Å². The van der Waals surface area contributed by atoms with Gasteiger partial charge in [0.15, 0.2) is 8.38 Å². The predicted octanol–water partition coefficient (Wildman–Crippen LogP) is 1.01. The third kappa shape index (κ3) is 20.0. The molecule has 2 rings (SSSR count). The second kappa shape index (κ2) is 26.0. The molecule has 17 nitrogen and oxygen atoms in total. The van der Waals surface area contributed by atoms with Gasteiger partial charge in [0.1, 0.15) is 11.7 Å². The molecule has 51 heavy (non-hydrogen) atoms. The summed E-state index contributed by atoms with van der Waals surface area (Å²) < 4.78 is 23.6. The van der Waals surface area contributed by atoms with E-state index in [4.69, 9.17) is 23.8 Å². The van der Waals surface area contributed by atoms with E-state index in [-0.39, 0.29) is 51.2 Å². The summed E-state index contributed by atoms with van der Waals surface area (Å²) in [6, 6.07) is 6.10. The van der Waals surface area contributed by atoms with Gasteiger partial charge in [0.05, 0.1) is 78.7 Å². The van der Waals surface area contributed by atoms with Crippen molar-refractivity contribution in [3.8, 4) is 0 Å². The Bertz CT molecular complexity index is 1340. The van der Waals surface area contributed by atoms with Crippen LogP contribution in [0.1, 0.15) is 44.9 Å². The summed E-state index contributed by atoms with van der Waals surface area (Å²) in [5, 5.41) is 27.4. The van der Waals surface area contributed by atoms with Crippen molar-refractivity contribution >= 4 is 38.2 Å². The van der Waals surface area contributed by atoms with Crippen molar-refractivity contribution < 1.29 is 47.9 Å². The Morgan fingerprint density at radius 3 is 2.35 bits per heavy atom. The van der Waals surface area contributed by atoms with Crippen molar-refractivity contribution in [1.82, 2.24) is 30.9 Å². The first-order valence-corrected chi connectivity index (χ1v) is 18.1. The number of nitrogens with zero attached hydrogens (tertiary/aromatic N) is 3. The molecular weight excluding hydrogens is 685 g/mol. The van der Waals surface area contributed by atoms with Gasteiger partial charge in [-0.2, -0.15) is 0 Å². The number of aliphatic hydroxyl groups excluding tert-OH is 1. The molecule has 0 saturated carbocycles. The fraction of sp³-hybridized carbons (Fsp3) is 0.576. The molecule has 6 N–H and O–H groups in total. The van der Waals surface area contributed by atoms with Crippen molar-refractivity contribution in [1.29, 1.82) is 0 Å². The van der Waals surface area contributed by atoms with Crippen LogP contribution < -0.4 is 21.3 Å². The van der Waals surface area contributed by atoms with E-state index in [9.17, 15) is 24.1 Å². The highest BCUT2D eigenvalue weighted by atomic mass is 31.2. The molecular formula is C33H52N7O10P. The first kappa shape index (κ1) is 43.3. The van der Waals surface area contributed by atoms with Gasteiger partial charge < -0.3 is 50.0 Å². The van der Waals surface area contributed by atoms with Crippen LogP contribution in [0.5, 0.6) is 0 Å². The summed E-state index contributed by atoms with van der Waals surface area (Å²) in [6.45, 7) is 8.13. The number of carbonyl (C=O) groups excluding carboxylic acids is 4. The Labute approximate surface area is 299 Å². The van der Waals surface area contributed by atoms with Gasteiger partial charge >= 0.3 is 0 Å². The van der Waals surface area contributed by atoms with Crippen molar-refractivity contribution in [3.63, 3.8) is 0 Å². The molecule has 18 heteroatoms. The number of anilines is 1. The normalized spacial score (nSPS) is 12.7. The average molecular weight is 738 g/mol. The maximum atomic E-state index is 12.8. The molecule has 2 unspecified atom stereocenters. The zero-order valence-electron chi connectivity index (χ0n) is 29.5. The van der Waals surface area contributed by atoms with Crippen LogP contribution in [0.3, 0.4) is 0 Å². The quantitative estimate of drug-likeness (QED) is 0.0312. The van der Waals surface area contributed by atoms with Crippen molar-refractivity contribution in [3.05, 3.63) is 53.4 Å². The minimum Gasteiger partial charge on any atom is -0.392 e. The number of carbonyl (C=O) groups is 4. The largest absolute Gasteiger partial charge is 0.392 e. The number of allylic oxidation sites excluding steroid dienone is 1. The molecule has 0 radical (unpaired) electrons. The van der Waals surface area contributed by atoms with E-state index in [2.05, 4.69) is 31.6 Å². The minimum atomic E-state index is -1.59. The Balaban J connectivity index is 1.54. The average Bonchev–Trinajstić information content (AvgIpc) is 3.57. The molecule has 1 heterocycles. The highest BCUT2D eigenvalue weighted by Crippen LogP contribution is 2.33. The number of hydrogen-bond acceptors (Lipinski definition) is 12. The SMILES string of the molecule is C/C(=C\CCP(O)OCc1ccc(NC(=O)CNC(=O)C(NC(=O)CCOCCOCCOCCn2cc(CNC=O)nn2)C(C)C)cc1)CO. The van der Waals surface area contributed by atoms with Crippen LogP contribution in [0.4, 0.5) is 5.69 Å². The number of nitrogens with one attached hydrogen (secondary N) is 4. The summed E-state index contributed by atoms with van der Waals surface area (Å²) >= 11 is 0. The predicted molar refractivity (Wildman–Crippen MR) is 189 cm³/mol. The van der Waals surface area contributed by atoms with Crippen LogP contribution in [0.15, 0.2) is 42.1 Å². The maximum Gasteiger partial charge on any atom is 0.243 e. The van der Waals surface area contributed by atoms with E-state index >= 15 is 0 Å². The summed E-state index contributed by atoms with van der Waals surface area (Å²) in [6.07, 6.45) is 5.34. The van der Waals surface area contributed by atoms with Crippen LogP contribution in [0.25, 0.3) is 0 Å². The van der Waals surface area contributed by atoms with E-state index in [1.54, 1.807) is 49.0 Å². The Kier molecular flexibility index (Phi) is 22.1. The first-order valence-electron chi connectivity index (χ1n) is 16.7. The van der Waals surface area contributed by atoms with Crippen molar-refractivity contribution in [2.24, 2.45) is 5.92 Å². The second-order valence-electron chi connectivity index (χ2n) is 11.7. The molecule has 0 aliphatic carbocycles. The molecule has 1 aromatic carbocycles. The zero-order chi connectivity index (χ0) is 37.3. The lowest BCUT2D eigenvalue weighted by Crippen LogP contribution is -2.51. The number of aliphatic hydroxyl groups is 1. The molecule has 0 bridgehead atoms. The van der Waals surface area contributed by atoms with E-state index in [1.165, 1.54) is 0 Å². The standard InChI is InChI=1S/C33H52N7O10P/c1-25(2)32(37-30(43)10-12-47-14-16-49-17-15-48-13-11-40-21-29(38-39-40)19-34-24-42)33(45)35-20-31(44)36-28-8-6-27(7-9-28)23-50-51(46)18-4-5-26(3)22-41/h5-9,21,24-25,32,41,46H,4,10-20,22-23H2,1-3H3,(H,34,42)(H,35,45)(H,36,44)(H,37,43)/b26-5+. The van der Waals surface area contributed by atoms with Gasteiger partial charge in [0, 0.05) is 18.3 Å². The van der Waals surface area contributed by atoms with Gasteiger partial charge in [-0.05, 0) is 37.0 Å². The second-order valence-corrected chi connectivity index (χ2v) is 13.1. The summed E-state index contributed by atoms with van der Waals surface area (Å²) in [4.78, 5) is 58.1.